The van der Waals surface area contributed by atoms with E-state index in [0.29, 0.717) is 40.5 Å². The van der Waals surface area contributed by atoms with Gasteiger partial charge in [0, 0.05) is 18.2 Å². The number of fused-ring (bicyclic) bond motifs is 1. The largest absolute Gasteiger partial charge is 0.493 e. The summed E-state index contributed by atoms with van der Waals surface area (Å²) in [5.41, 5.74) is 2.49. The van der Waals surface area contributed by atoms with E-state index >= 15 is 0 Å². The number of methoxy groups -OCH3 is 1. The first-order valence-electron chi connectivity index (χ1n) is 10.4. The van der Waals surface area contributed by atoms with Crippen molar-refractivity contribution in [2.75, 3.05) is 19.0 Å². The lowest BCUT2D eigenvalue weighted by Gasteiger charge is -2.09. The van der Waals surface area contributed by atoms with E-state index in [9.17, 15) is 14.9 Å². The number of para-hydroxylation sites is 1. The van der Waals surface area contributed by atoms with Crippen LogP contribution in [0.25, 0.3) is 28.6 Å². The SMILES string of the molecule is CCOc1ccc(C=CC(=O)Nc2ccccc2-c2nc3cc([N+](=O)[O-])ccc3o2)cc1OC. The Bertz CT molecular complexity index is 1390. The molecule has 0 aliphatic carbocycles. The first-order valence-corrected chi connectivity index (χ1v) is 10.4. The number of benzene rings is 3. The monoisotopic (exact) mass is 459 g/mol. The first-order chi connectivity index (χ1) is 16.5. The summed E-state index contributed by atoms with van der Waals surface area (Å²) in [6.45, 7) is 2.41. The van der Waals surface area contributed by atoms with Gasteiger partial charge >= 0.3 is 0 Å². The van der Waals surface area contributed by atoms with Crippen molar-refractivity contribution in [2.24, 2.45) is 0 Å². The molecule has 0 bridgehead atoms. The van der Waals surface area contributed by atoms with Crippen molar-refractivity contribution in [3.8, 4) is 23.0 Å². The van der Waals surface area contributed by atoms with E-state index in [2.05, 4.69) is 10.3 Å². The summed E-state index contributed by atoms with van der Waals surface area (Å²) in [6.07, 6.45) is 3.07. The average molecular weight is 459 g/mol. The molecule has 0 unspecified atom stereocenters. The molecule has 4 aromatic rings. The number of nitro benzene ring substituents is 1. The highest BCUT2D eigenvalue weighted by molar-refractivity contribution is 6.04. The van der Waals surface area contributed by atoms with Crippen molar-refractivity contribution in [2.45, 2.75) is 6.92 Å². The van der Waals surface area contributed by atoms with Crippen molar-refractivity contribution in [1.82, 2.24) is 4.98 Å². The normalized spacial score (nSPS) is 11.0. The van der Waals surface area contributed by atoms with Gasteiger partial charge in [-0.2, -0.15) is 0 Å². The smallest absolute Gasteiger partial charge is 0.271 e. The fourth-order valence-electron chi connectivity index (χ4n) is 3.33. The van der Waals surface area contributed by atoms with Gasteiger partial charge in [0.15, 0.2) is 17.1 Å². The van der Waals surface area contributed by atoms with Gasteiger partial charge in [-0.05, 0) is 48.9 Å². The fraction of sp³-hybridized carbons (Fsp3) is 0.120. The third kappa shape index (κ3) is 4.88. The summed E-state index contributed by atoms with van der Waals surface area (Å²) in [6, 6.07) is 16.6. The van der Waals surface area contributed by atoms with Gasteiger partial charge in [-0.15, -0.1) is 0 Å². The highest BCUT2D eigenvalue weighted by Crippen LogP contribution is 2.32. The second-order valence-electron chi connectivity index (χ2n) is 7.14. The molecule has 1 aromatic heterocycles. The Kier molecular flexibility index (Phi) is 6.54. The van der Waals surface area contributed by atoms with Gasteiger partial charge in [0.1, 0.15) is 5.52 Å². The van der Waals surface area contributed by atoms with E-state index in [1.807, 2.05) is 13.0 Å². The van der Waals surface area contributed by atoms with Crippen molar-refractivity contribution in [1.29, 1.82) is 0 Å². The molecule has 0 spiro atoms. The molecule has 0 aliphatic rings. The number of carbonyl (C=O) groups excluding carboxylic acids is 1. The molecule has 3 aromatic carbocycles. The lowest BCUT2D eigenvalue weighted by Crippen LogP contribution is -2.08. The number of nitrogens with zero attached hydrogens (tertiary/aromatic N) is 2. The van der Waals surface area contributed by atoms with Crippen LogP contribution in [0.1, 0.15) is 12.5 Å². The van der Waals surface area contributed by atoms with Crippen LogP contribution < -0.4 is 14.8 Å². The number of carbonyl (C=O) groups is 1. The molecule has 172 valence electrons. The Hall–Kier alpha value is -4.66. The van der Waals surface area contributed by atoms with Crippen LogP contribution in [0.2, 0.25) is 0 Å². The molecule has 0 saturated carbocycles. The molecule has 1 N–H and O–H groups in total. The molecular weight excluding hydrogens is 438 g/mol. The lowest BCUT2D eigenvalue weighted by atomic mass is 10.1. The topological polar surface area (TPSA) is 117 Å². The number of oxazole rings is 1. The Balaban J connectivity index is 1.55. The van der Waals surface area contributed by atoms with Gasteiger partial charge in [-0.3, -0.25) is 14.9 Å². The maximum absolute atomic E-state index is 12.6. The number of ether oxygens (including phenoxy) is 2. The summed E-state index contributed by atoms with van der Waals surface area (Å²) < 4.78 is 16.6. The molecule has 9 nitrogen and oxygen atoms in total. The molecule has 1 amide bonds. The maximum Gasteiger partial charge on any atom is 0.271 e. The van der Waals surface area contributed by atoms with Crippen LogP contribution in [0.3, 0.4) is 0 Å². The van der Waals surface area contributed by atoms with Crippen LogP contribution in [-0.2, 0) is 4.79 Å². The molecule has 0 saturated heterocycles. The second-order valence-corrected chi connectivity index (χ2v) is 7.14. The summed E-state index contributed by atoms with van der Waals surface area (Å²) in [5, 5.41) is 13.8. The first kappa shape index (κ1) is 22.5. The van der Waals surface area contributed by atoms with E-state index in [0.717, 1.165) is 5.56 Å². The van der Waals surface area contributed by atoms with E-state index in [4.69, 9.17) is 13.9 Å². The number of rotatable bonds is 8. The summed E-state index contributed by atoms with van der Waals surface area (Å²) in [5.74, 6) is 1.09. The van der Waals surface area contributed by atoms with Crippen molar-refractivity contribution in [3.05, 3.63) is 82.4 Å². The van der Waals surface area contributed by atoms with E-state index in [1.165, 1.54) is 24.3 Å². The third-order valence-corrected chi connectivity index (χ3v) is 4.91. The standard InChI is InChI=1S/C25H21N3O6/c1-3-33-22-11-8-16(14-23(22)32-2)9-13-24(29)26-19-7-5-4-6-18(19)25-27-20-15-17(28(30)31)10-12-21(20)34-25/h4-15H,3H2,1-2H3,(H,26,29). The zero-order valence-electron chi connectivity index (χ0n) is 18.5. The predicted octanol–water partition coefficient (Wildman–Crippen LogP) is 5.46. The number of aromatic nitrogens is 1. The average Bonchev–Trinajstić information content (AvgIpc) is 3.27. The minimum atomic E-state index is -0.492. The number of non-ortho nitro benzene ring substituents is 1. The molecular formula is C25H21N3O6. The van der Waals surface area contributed by atoms with Crippen molar-refractivity contribution in [3.63, 3.8) is 0 Å². The molecule has 4 rings (SSSR count). The van der Waals surface area contributed by atoms with E-state index in [-0.39, 0.29) is 17.5 Å². The minimum absolute atomic E-state index is 0.0787. The van der Waals surface area contributed by atoms with Crippen LogP contribution in [0.15, 0.2) is 71.2 Å². The number of anilines is 1. The van der Waals surface area contributed by atoms with Gasteiger partial charge < -0.3 is 19.2 Å². The highest BCUT2D eigenvalue weighted by atomic mass is 16.6. The molecule has 0 radical (unpaired) electrons. The number of amides is 1. The zero-order chi connectivity index (χ0) is 24.1. The predicted molar refractivity (Wildman–Crippen MR) is 128 cm³/mol. The Morgan fingerprint density at radius 2 is 1.97 bits per heavy atom. The van der Waals surface area contributed by atoms with Crippen LogP contribution in [0.4, 0.5) is 11.4 Å². The van der Waals surface area contributed by atoms with Crippen LogP contribution in [0, 0.1) is 10.1 Å². The quantitative estimate of drug-likeness (QED) is 0.211. The maximum atomic E-state index is 12.6. The van der Waals surface area contributed by atoms with Gasteiger partial charge in [0.05, 0.1) is 29.9 Å². The molecule has 1 heterocycles. The fourth-order valence-corrected chi connectivity index (χ4v) is 3.33. The molecule has 9 heteroatoms. The Morgan fingerprint density at radius 3 is 2.74 bits per heavy atom. The number of hydrogen-bond donors (Lipinski definition) is 1. The van der Waals surface area contributed by atoms with Gasteiger partial charge in [-0.1, -0.05) is 18.2 Å². The summed E-state index contributed by atoms with van der Waals surface area (Å²) in [4.78, 5) is 27.5. The highest BCUT2D eigenvalue weighted by Gasteiger charge is 2.16. The zero-order valence-corrected chi connectivity index (χ0v) is 18.5. The lowest BCUT2D eigenvalue weighted by molar-refractivity contribution is -0.384. The third-order valence-electron chi connectivity index (χ3n) is 4.91. The Labute approximate surface area is 194 Å². The number of hydrogen-bond acceptors (Lipinski definition) is 7. The van der Waals surface area contributed by atoms with Gasteiger partial charge in [-0.25, -0.2) is 4.98 Å². The van der Waals surface area contributed by atoms with Crippen molar-refractivity contribution >= 4 is 34.5 Å². The molecule has 0 aliphatic heterocycles. The van der Waals surface area contributed by atoms with Crippen molar-refractivity contribution < 1.29 is 23.6 Å². The molecule has 34 heavy (non-hydrogen) atoms. The Morgan fingerprint density at radius 1 is 1.15 bits per heavy atom. The number of nitrogens with one attached hydrogen (secondary N) is 1. The van der Waals surface area contributed by atoms with Crippen LogP contribution in [-0.4, -0.2) is 29.5 Å². The van der Waals surface area contributed by atoms with E-state index in [1.54, 1.807) is 49.6 Å². The number of nitro groups is 1. The minimum Gasteiger partial charge on any atom is -0.493 e. The summed E-state index contributed by atoms with van der Waals surface area (Å²) >= 11 is 0. The van der Waals surface area contributed by atoms with E-state index < -0.39 is 4.92 Å². The summed E-state index contributed by atoms with van der Waals surface area (Å²) in [7, 11) is 1.55. The van der Waals surface area contributed by atoms with Crippen LogP contribution in [0.5, 0.6) is 11.5 Å². The van der Waals surface area contributed by atoms with Gasteiger partial charge in [0.25, 0.3) is 5.69 Å². The molecule has 0 fully saturated rings. The molecule has 0 atom stereocenters. The van der Waals surface area contributed by atoms with Gasteiger partial charge in [0.2, 0.25) is 11.8 Å². The van der Waals surface area contributed by atoms with Crippen LogP contribution >= 0.6 is 0 Å². The second kappa shape index (κ2) is 9.86.